The third-order valence-electron chi connectivity index (χ3n) is 3.72. The Hall–Kier alpha value is -0.910. The van der Waals surface area contributed by atoms with Crippen LogP contribution in [0.3, 0.4) is 0 Å². The molecule has 0 bridgehead atoms. The lowest BCUT2D eigenvalue weighted by atomic mass is 9.95. The van der Waals surface area contributed by atoms with Crippen LogP contribution in [-0.2, 0) is 20.7 Å². The molecule has 1 aromatic heterocycles. The molecule has 2 aliphatic rings. The van der Waals surface area contributed by atoms with Gasteiger partial charge in [0, 0.05) is 13.2 Å². The van der Waals surface area contributed by atoms with E-state index in [9.17, 15) is 4.79 Å². The van der Waals surface area contributed by atoms with Crippen LogP contribution >= 0.6 is 11.3 Å². The molecule has 1 aromatic rings. The van der Waals surface area contributed by atoms with Crippen molar-refractivity contribution < 1.29 is 14.3 Å². The van der Waals surface area contributed by atoms with Crippen LogP contribution in [0.1, 0.15) is 12.0 Å². The minimum Gasteiger partial charge on any atom is -0.379 e. The first-order chi connectivity index (χ1) is 8.80. The van der Waals surface area contributed by atoms with Crippen LogP contribution in [0.25, 0.3) is 0 Å². The average Bonchev–Trinajstić information content (AvgIpc) is 3.02. The lowest BCUT2D eigenvalue weighted by Gasteiger charge is -2.43. The minimum atomic E-state index is -0.203. The van der Waals surface area contributed by atoms with Crippen molar-refractivity contribution in [3.63, 3.8) is 0 Å². The van der Waals surface area contributed by atoms with Crippen molar-refractivity contribution in [2.45, 2.75) is 18.4 Å². The Kier molecular flexibility index (Phi) is 3.37. The van der Waals surface area contributed by atoms with Crippen LogP contribution in [-0.4, -0.2) is 49.3 Å². The molecule has 1 unspecified atom stereocenters. The van der Waals surface area contributed by atoms with Crippen molar-refractivity contribution in [2.75, 3.05) is 33.0 Å². The van der Waals surface area contributed by atoms with Gasteiger partial charge in [-0.1, -0.05) is 0 Å². The normalized spacial score (nSPS) is 27.9. The van der Waals surface area contributed by atoms with E-state index in [0.29, 0.717) is 32.8 Å². The Bertz CT molecular complexity index is 412. The number of ether oxygens (including phenoxy) is 2. The third kappa shape index (κ3) is 2.18. The number of thiophene rings is 1. The van der Waals surface area contributed by atoms with Crippen molar-refractivity contribution in [3.8, 4) is 0 Å². The number of carbonyl (C=O) groups is 1. The van der Waals surface area contributed by atoms with Crippen LogP contribution < -0.4 is 0 Å². The maximum atomic E-state index is 12.4. The molecule has 0 N–H and O–H groups in total. The Balaban J connectivity index is 1.74. The Morgan fingerprint density at radius 2 is 2.22 bits per heavy atom. The molecule has 0 radical (unpaired) electrons. The molecular formula is C13H17NO3S. The van der Waals surface area contributed by atoms with E-state index < -0.39 is 0 Å². The molecule has 0 aliphatic carbocycles. The molecule has 1 amide bonds. The summed E-state index contributed by atoms with van der Waals surface area (Å²) in [5.41, 5.74) is 0.899. The average molecular weight is 267 g/mol. The second-order valence-corrected chi connectivity index (χ2v) is 5.71. The predicted molar refractivity (Wildman–Crippen MR) is 68.7 cm³/mol. The van der Waals surface area contributed by atoms with Crippen LogP contribution in [0, 0.1) is 0 Å². The van der Waals surface area contributed by atoms with E-state index in [1.807, 2.05) is 21.7 Å². The van der Waals surface area contributed by atoms with Crippen molar-refractivity contribution in [1.29, 1.82) is 0 Å². The number of rotatable bonds is 2. The summed E-state index contributed by atoms with van der Waals surface area (Å²) >= 11 is 1.63. The first-order valence-electron chi connectivity index (χ1n) is 6.27. The lowest BCUT2D eigenvalue weighted by molar-refractivity contribution is -0.148. The first kappa shape index (κ1) is 12.1. The van der Waals surface area contributed by atoms with E-state index >= 15 is 0 Å². The molecule has 98 valence electrons. The maximum absolute atomic E-state index is 12.4. The molecule has 2 aliphatic heterocycles. The molecule has 4 nitrogen and oxygen atoms in total. The highest BCUT2D eigenvalue weighted by Gasteiger charge is 2.45. The van der Waals surface area contributed by atoms with Crippen LogP contribution in [0.5, 0.6) is 0 Å². The summed E-state index contributed by atoms with van der Waals surface area (Å²) < 4.78 is 11.0. The van der Waals surface area contributed by atoms with Gasteiger partial charge in [0.25, 0.3) is 0 Å². The molecule has 1 spiro atoms. The molecule has 3 heterocycles. The van der Waals surface area contributed by atoms with E-state index in [-0.39, 0.29) is 11.4 Å². The summed E-state index contributed by atoms with van der Waals surface area (Å²) in [6.45, 7) is 3.28. The minimum absolute atomic E-state index is 0.196. The number of morpholine rings is 1. The van der Waals surface area contributed by atoms with E-state index in [2.05, 4.69) is 0 Å². The molecule has 2 fully saturated rings. The quantitative estimate of drug-likeness (QED) is 0.811. The van der Waals surface area contributed by atoms with Crippen molar-refractivity contribution in [2.24, 2.45) is 0 Å². The largest absolute Gasteiger partial charge is 0.379 e. The third-order valence-corrected chi connectivity index (χ3v) is 4.45. The topological polar surface area (TPSA) is 38.8 Å². The molecule has 0 saturated carbocycles. The van der Waals surface area contributed by atoms with Gasteiger partial charge < -0.3 is 14.4 Å². The zero-order valence-electron chi connectivity index (χ0n) is 10.3. The molecule has 3 rings (SSSR count). The number of hydrogen-bond donors (Lipinski definition) is 0. The van der Waals surface area contributed by atoms with Crippen LogP contribution in [0.15, 0.2) is 16.8 Å². The molecular weight excluding hydrogens is 250 g/mol. The maximum Gasteiger partial charge on any atom is 0.227 e. The molecule has 1 atom stereocenters. The second-order valence-electron chi connectivity index (χ2n) is 4.93. The fraction of sp³-hybridized carbons (Fsp3) is 0.615. The Morgan fingerprint density at radius 1 is 1.39 bits per heavy atom. The first-order valence-corrected chi connectivity index (χ1v) is 7.21. The van der Waals surface area contributed by atoms with Gasteiger partial charge in [-0.2, -0.15) is 11.3 Å². The SMILES string of the molecule is O=C(Cc1ccsc1)N1CCOCC12CCOC2. The summed E-state index contributed by atoms with van der Waals surface area (Å²) in [6, 6.07) is 2.01. The highest BCUT2D eigenvalue weighted by atomic mass is 32.1. The number of hydrogen-bond acceptors (Lipinski definition) is 4. The molecule has 5 heteroatoms. The van der Waals surface area contributed by atoms with E-state index in [0.717, 1.165) is 18.6 Å². The zero-order valence-corrected chi connectivity index (χ0v) is 11.1. The summed E-state index contributed by atoms with van der Waals surface area (Å²) in [5.74, 6) is 0.196. The van der Waals surface area contributed by atoms with E-state index in [1.54, 1.807) is 11.3 Å². The summed E-state index contributed by atoms with van der Waals surface area (Å²) in [5, 5.41) is 4.05. The van der Waals surface area contributed by atoms with Gasteiger partial charge in [-0.25, -0.2) is 0 Å². The Morgan fingerprint density at radius 3 is 2.94 bits per heavy atom. The second kappa shape index (κ2) is 4.99. The van der Waals surface area contributed by atoms with Gasteiger partial charge in [-0.05, 0) is 28.8 Å². The number of carbonyl (C=O) groups excluding carboxylic acids is 1. The van der Waals surface area contributed by atoms with Gasteiger partial charge in [0.1, 0.15) is 0 Å². The van der Waals surface area contributed by atoms with Gasteiger partial charge >= 0.3 is 0 Å². The van der Waals surface area contributed by atoms with Crippen molar-refractivity contribution >= 4 is 17.2 Å². The fourth-order valence-electron chi connectivity index (χ4n) is 2.71. The predicted octanol–water partition coefficient (Wildman–Crippen LogP) is 1.31. The van der Waals surface area contributed by atoms with Gasteiger partial charge in [0.05, 0.1) is 31.8 Å². The zero-order chi connectivity index (χ0) is 12.4. The van der Waals surface area contributed by atoms with Gasteiger partial charge in [-0.15, -0.1) is 0 Å². The molecule has 2 saturated heterocycles. The van der Waals surface area contributed by atoms with Crippen molar-refractivity contribution in [3.05, 3.63) is 22.4 Å². The number of nitrogens with zero attached hydrogens (tertiary/aromatic N) is 1. The van der Waals surface area contributed by atoms with Gasteiger partial charge in [-0.3, -0.25) is 4.79 Å². The smallest absolute Gasteiger partial charge is 0.227 e. The number of amides is 1. The summed E-state index contributed by atoms with van der Waals surface area (Å²) in [4.78, 5) is 14.4. The van der Waals surface area contributed by atoms with Crippen LogP contribution in [0.2, 0.25) is 0 Å². The molecule has 0 aromatic carbocycles. The standard InChI is InChI=1S/C13H17NO3S/c15-12(7-11-1-6-18-8-11)14-3-5-17-10-13(14)2-4-16-9-13/h1,6,8H,2-5,7,9-10H2. The lowest BCUT2D eigenvalue weighted by Crippen LogP contribution is -2.60. The van der Waals surface area contributed by atoms with Gasteiger partial charge in [0.15, 0.2) is 0 Å². The Labute approximate surface area is 110 Å². The van der Waals surface area contributed by atoms with E-state index in [1.165, 1.54) is 0 Å². The highest BCUT2D eigenvalue weighted by Crippen LogP contribution is 2.30. The van der Waals surface area contributed by atoms with E-state index in [4.69, 9.17) is 9.47 Å². The highest BCUT2D eigenvalue weighted by molar-refractivity contribution is 7.07. The molecule has 18 heavy (non-hydrogen) atoms. The van der Waals surface area contributed by atoms with Gasteiger partial charge in [0.2, 0.25) is 5.91 Å². The van der Waals surface area contributed by atoms with Crippen LogP contribution in [0.4, 0.5) is 0 Å². The fourth-order valence-corrected chi connectivity index (χ4v) is 3.38. The van der Waals surface area contributed by atoms with Crippen molar-refractivity contribution in [1.82, 2.24) is 4.90 Å². The summed E-state index contributed by atoms with van der Waals surface area (Å²) in [7, 11) is 0. The summed E-state index contributed by atoms with van der Waals surface area (Å²) in [6.07, 6.45) is 1.38. The monoisotopic (exact) mass is 267 g/mol.